The highest BCUT2D eigenvalue weighted by molar-refractivity contribution is 5.84. The lowest BCUT2D eigenvalue weighted by molar-refractivity contribution is -0.122. The number of nitrogens with two attached hydrogens (primary N) is 1. The molecule has 2 fully saturated rings. The van der Waals surface area contributed by atoms with Gasteiger partial charge in [0.05, 0.1) is 18.4 Å². The van der Waals surface area contributed by atoms with Gasteiger partial charge in [-0.25, -0.2) is 10.8 Å². The Hall–Kier alpha value is -2.54. The Morgan fingerprint density at radius 1 is 1.30 bits per heavy atom. The third-order valence-corrected chi connectivity index (χ3v) is 5.79. The number of aliphatic hydroxyl groups excluding tert-OH is 2. The molecular formula is C18H28N8O4. The van der Waals surface area contributed by atoms with E-state index < -0.39 is 24.3 Å². The number of rotatable bonds is 6. The number of carbonyl (C=O) groups excluding carboxylic acids is 1. The van der Waals surface area contributed by atoms with E-state index in [1.54, 1.807) is 17.8 Å². The van der Waals surface area contributed by atoms with Gasteiger partial charge in [-0.1, -0.05) is 6.92 Å². The van der Waals surface area contributed by atoms with Gasteiger partial charge in [0.25, 0.3) is 0 Å². The van der Waals surface area contributed by atoms with Crippen LogP contribution in [0.15, 0.2) is 6.33 Å². The Labute approximate surface area is 173 Å². The number of nitrogens with one attached hydrogen (secondary N) is 3. The summed E-state index contributed by atoms with van der Waals surface area (Å²) in [6.45, 7) is 3.10. The van der Waals surface area contributed by atoms with Crippen molar-refractivity contribution in [3.63, 3.8) is 0 Å². The van der Waals surface area contributed by atoms with E-state index in [0.717, 1.165) is 12.8 Å². The van der Waals surface area contributed by atoms with Crippen molar-refractivity contribution in [3.05, 3.63) is 6.33 Å². The van der Waals surface area contributed by atoms with Crippen LogP contribution in [0.25, 0.3) is 11.2 Å². The Kier molecular flexibility index (Phi) is 5.99. The topological polar surface area (TPSA) is 172 Å². The van der Waals surface area contributed by atoms with Crippen LogP contribution in [-0.4, -0.2) is 73.1 Å². The minimum absolute atomic E-state index is 0.178. The van der Waals surface area contributed by atoms with Gasteiger partial charge in [-0.2, -0.15) is 9.97 Å². The maximum absolute atomic E-state index is 11.8. The van der Waals surface area contributed by atoms with Crippen LogP contribution >= 0.6 is 0 Å². The molecule has 4 atom stereocenters. The van der Waals surface area contributed by atoms with E-state index in [4.69, 9.17) is 10.6 Å². The van der Waals surface area contributed by atoms with Gasteiger partial charge in [0.15, 0.2) is 17.0 Å². The van der Waals surface area contributed by atoms with Gasteiger partial charge in [0, 0.05) is 25.7 Å². The molecule has 1 aliphatic heterocycles. The Morgan fingerprint density at radius 2 is 2.07 bits per heavy atom. The molecule has 3 heterocycles. The maximum atomic E-state index is 11.8. The number of anilines is 2. The van der Waals surface area contributed by atoms with Gasteiger partial charge in [-0.15, -0.1) is 0 Å². The number of nitrogen functional groups attached to an aromatic ring is 1. The molecule has 7 N–H and O–H groups in total. The molecule has 1 saturated heterocycles. The van der Waals surface area contributed by atoms with Crippen LogP contribution in [0.1, 0.15) is 38.6 Å². The number of imidazole rings is 1. The van der Waals surface area contributed by atoms with E-state index in [1.807, 2.05) is 0 Å². The molecule has 164 valence electrons. The molecule has 1 saturated carbocycles. The zero-order valence-electron chi connectivity index (χ0n) is 16.8. The van der Waals surface area contributed by atoms with Gasteiger partial charge in [-0.3, -0.25) is 10.2 Å². The van der Waals surface area contributed by atoms with E-state index in [1.165, 1.54) is 0 Å². The predicted molar refractivity (Wildman–Crippen MR) is 108 cm³/mol. The second kappa shape index (κ2) is 8.68. The van der Waals surface area contributed by atoms with Crippen molar-refractivity contribution in [1.82, 2.24) is 24.8 Å². The summed E-state index contributed by atoms with van der Waals surface area (Å²) in [5, 5.41) is 27.2. The first-order valence-electron chi connectivity index (χ1n) is 10.2. The second-order valence-electron chi connectivity index (χ2n) is 7.71. The van der Waals surface area contributed by atoms with Gasteiger partial charge >= 0.3 is 0 Å². The zero-order valence-corrected chi connectivity index (χ0v) is 16.8. The molecule has 0 bridgehead atoms. The molecule has 0 aromatic carbocycles. The number of ether oxygens (including phenoxy) is 1. The van der Waals surface area contributed by atoms with Crippen molar-refractivity contribution in [1.29, 1.82) is 0 Å². The first kappa shape index (κ1) is 20.7. The molecule has 2 aromatic rings. The molecule has 12 nitrogen and oxygen atoms in total. The van der Waals surface area contributed by atoms with Crippen molar-refractivity contribution in [3.8, 4) is 0 Å². The molecule has 1 amide bonds. The van der Waals surface area contributed by atoms with E-state index >= 15 is 0 Å². The number of hydrazine groups is 1. The second-order valence-corrected chi connectivity index (χ2v) is 7.71. The lowest BCUT2D eigenvalue weighted by Crippen LogP contribution is -2.42. The van der Waals surface area contributed by atoms with Crippen molar-refractivity contribution in [2.75, 3.05) is 24.0 Å². The average molecular weight is 420 g/mol. The monoisotopic (exact) mass is 420 g/mol. The number of nitrogens with zero attached hydrogens (tertiary/aromatic N) is 4. The van der Waals surface area contributed by atoms with Crippen molar-refractivity contribution in [2.45, 2.75) is 62.9 Å². The minimum Gasteiger partial charge on any atom is -0.388 e. The molecule has 2 aliphatic rings. The number of carbonyl (C=O) groups is 1. The normalized spacial score (nSPS) is 27.3. The summed E-state index contributed by atoms with van der Waals surface area (Å²) < 4.78 is 7.11. The minimum atomic E-state index is -1.09. The van der Waals surface area contributed by atoms with E-state index in [2.05, 4.69) is 31.0 Å². The number of aliphatic hydroxyl groups is 2. The van der Waals surface area contributed by atoms with Gasteiger partial charge in [0.1, 0.15) is 12.2 Å². The predicted octanol–water partition coefficient (Wildman–Crippen LogP) is -0.736. The van der Waals surface area contributed by atoms with Crippen LogP contribution in [0.2, 0.25) is 0 Å². The number of hydrogen-bond donors (Lipinski definition) is 6. The van der Waals surface area contributed by atoms with Gasteiger partial charge in [0.2, 0.25) is 11.9 Å². The molecule has 30 heavy (non-hydrogen) atoms. The molecule has 2 aromatic heterocycles. The smallest absolute Gasteiger partial charge is 0.241 e. The highest BCUT2D eigenvalue weighted by Gasteiger charge is 2.43. The number of aromatic nitrogens is 4. The lowest BCUT2D eigenvalue weighted by atomic mass is 10.1. The van der Waals surface area contributed by atoms with E-state index in [0.29, 0.717) is 43.0 Å². The van der Waals surface area contributed by atoms with E-state index in [-0.39, 0.29) is 17.9 Å². The van der Waals surface area contributed by atoms with Crippen LogP contribution < -0.4 is 21.9 Å². The van der Waals surface area contributed by atoms with Crippen LogP contribution in [0.3, 0.4) is 0 Å². The highest BCUT2D eigenvalue weighted by Crippen LogP contribution is 2.34. The number of fused-ring (bicyclic) bond motifs is 1. The molecular weight excluding hydrogens is 392 g/mol. The van der Waals surface area contributed by atoms with Gasteiger partial charge < -0.3 is 30.2 Å². The maximum Gasteiger partial charge on any atom is 0.241 e. The summed E-state index contributed by atoms with van der Waals surface area (Å²) >= 11 is 0. The van der Waals surface area contributed by atoms with Crippen LogP contribution in [0.4, 0.5) is 11.8 Å². The summed E-state index contributed by atoms with van der Waals surface area (Å²) in [5.74, 6) is 6.14. The SMILES string of the molecule is CCC(=O)N[C@H]1C[C@@H](n2cnc3c(NC4CCOCC4)nc(NN)nc32)[C@H](O)[C@@H]1O. The van der Waals surface area contributed by atoms with Crippen molar-refractivity contribution in [2.24, 2.45) is 5.84 Å². The quantitative estimate of drug-likeness (QED) is 0.258. The highest BCUT2D eigenvalue weighted by atomic mass is 16.5. The van der Waals surface area contributed by atoms with Crippen molar-refractivity contribution < 1.29 is 19.7 Å². The standard InChI is InChI=1S/C18H28N8O4/c1-2-12(27)22-10-7-11(15(29)14(10)28)26-8-20-13-16(21-9-3-5-30-6-4-9)23-18(25-19)24-17(13)26/h8-11,14-15,28-29H,2-7,19H2,1H3,(H,22,27)(H2,21,23,24,25)/t10-,11+,14+,15-/m0/s1. The molecule has 0 spiro atoms. The average Bonchev–Trinajstić information content (AvgIpc) is 3.30. The van der Waals surface area contributed by atoms with Gasteiger partial charge in [-0.05, 0) is 19.3 Å². The lowest BCUT2D eigenvalue weighted by Gasteiger charge is -2.24. The number of amides is 1. The van der Waals surface area contributed by atoms with Crippen molar-refractivity contribution >= 4 is 28.8 Å². The summed E-state index contributed by atoms with van der Waals surface area (Å²) in [4.78, 5) is 25.1. The molecule has 1 aliphatic carbocycles. The van der Waals surface area contributed by atoms with Crippen LogP contribution in [-0.2, 0) is 9.53 Å². The third kappa shape index (κ3) is 3.90. The number of hydrogen-bond acceptors (Lipinski definition) is 10. The largest absolute Gasteiger partial charge is 0.388 e. The first-order valence-corrected chi connectivity index (χ1v) is 10.2. The molecule has 12 heteroatoms. The van der Waals surface area contributed by atoms with Crippen LogP contribution in [0.5, 0.6) is 0 Å². The fourth-order valence-corrected chi connectivity index (χ4v) is 4.10. The zero-order chi connectivity index (χ0) is 21.3. The fourth-order valence-electron chi connectivity index (χ4n) is 4.10. The van der Waals surface area contributed by atoms with E-state index in [9.17, 15) is 15.0 Å². The molecule has 4 rings (SSSR count). The Morgan fingerprint density at radius 3 is 2.77 bits per heavy atom. The summed E-state index contributed by atoms with van der Waals surface area (Å²) in [7, 11) is 0. The Bertz CT molecular complexity index is 900. The third-order valence-electron chi connectivity index (χ3n) is 5.79. The first-order chi connectivity index (χ1) is 14.5. The summed E-state index contributed by atoms with van der Waals surface area (Å²) in [5.41, 5.74) is 3.49. The summed E-state index contributed by atoms with van der Waals surface area (Å²) in [6.07, 6.45) is 1.75. The van der Waals surface area contributed by atoms with Crippen LogP contribution in [0, 0.1) is 0 Å². The Balaban J connectivity index is 1.65. The molecule has 0 unspecified atom stereocenters. The summed E-state index contributed by atoms with van der Waals surface area (Å²) in [6, 6.07) is -0.868. The fraction of sp³-hybridized carbons (Fsp3) is 0.667. The molecule has 0 radical (unpaired) electrons.